The van der Waals surface area contributed by atoms with Crippen molar-refractivity contribution in [3.05, 3.63) is 60.2 Å². The van der Waals surface area contributed by atoms with Crippen molar-refractivity contribution in [2.75, 3.05) is 31.0 Å². The van der Waals surface area contributed by atoms with Crippen LogP contribution in [0.4, 0.5) is 11.4 Å². The summed E-state index contributed by atoms with van der Waals surface area (Å²) >= 11 is 0. The van der Waals surface area contributed by atoms with Crippen LogP contribution in [0, 0.1) is 0 Å². The molecule has 2 aromatic carbocycles. The van der Waals surface area contributed by atoms with E-state index < -0.39 is 5.97 Å². The largest absolute Gasteiger partial charge is 0.463 e. The molecule has 0 aliphatic carbocycles. The van der Waals surface area contributed by atoms with E-state index in [9.17, 15) is 14.4 Å². The third kappa shape index (κ3) is 8.01. The lowest BCUT2D eigenvalue weighted by atomic mass is 10.1. The average molecular weight is 384 g/mol. The summed E-state index contributed by atoms with van der Waals surface area (Å²) in [6, 6.07) is 16.3. The van der Waals surface area contributed by atoms with Crippen LogP contribution < -0.4 is 10.6 Å². The van der Waals surface area contributed by atoms with Crippen molar-refractivity contribution in [1.82, 2.24) is 0 Å². The number of methoxy groups -OCH3 is 1. The maximum atomic E-state index is 12.1. The Morgan fingerprint density at radius 3 is 2.18 bits per heavy atom. The second-order valence-corrected chi connectivity index (χ2v) is 6.05. The molecule has 0 fully saturated rings. The van der Waals surface area contributed by atoms with Gasteiger partial charge < -0.3 is 20.1 Å². The summed E-state index contributed by atoms with van der Waals surface area (Å²) < 4.78 is 9.69. The first-order valence-electron chi connectivity index (χ1n) is 8.95. The normalized spacial score (nSPS) is 10.2. The smallest absolute Gasteiger partial charge is 0.306 e. The zero-order valence-electron chi connectivity index (χ0n) is 15.8. The highest BCUT2D eigenvalue weighted by Crippen LogP contribution is 2.16. The average Bonchev–Trinajstić information content (AvgIpc) is 2.67. The maximum absolute atomic E-state index is 12.1. The van der Waals surface area contributed by atoms with Crippen LogP contribution in [0.5, 0.6) is 0 Å². The molecule has 2 rings (SSSR count). The van der Waals surface area contributed by atoms with Gasteiger partial charge in [0.15, 0.2) is 0 Å². The minimum Gasteiger partial charge on any atom is -0.463 e. The van der Waals surface area contributed by atoms with Gasteiger partial charge in [-0.05, 0) is 23.8 Å². The summed E-state index contributed by atoms with van der Waals surface area (Å²) in [6.45, 7) is 0.488. The molecule has 2 aromatic rings. The molecule has 7 nitrogen and oxygen atoms in total. The topological polar surface area (TPSA) is 93.7 Å². The van der Waals surface area contributed by atoms with Crippen molar-refractivity contribution >= 4 is 29.2 Å². The number of anilines is 2. The van der Waals surface area contributed by atoms with E-state index in [2.05, 4.69) is 10.6 Å². The first-order valence-corrected chi connectivity index (χ1v) is 8.95. The van der Waals surface area contributed by atoms with E-state index >= 15 is 0 Å². The molecule has 0 atom stereocenters. The van der Waals surface area contributed by atoms with Crippen molar-refractivity contribution in [2.45, 2.75) is 19.3 Å². The number of benzene rings is 2. The second kappa shape index (κ2) is 11.5. The van der Waals surface area contributed by atoms with E-state index in [0.29, 0.717) is 18.0 Å². The number of ether oxygens (including phenoxy) is 2. The fourth-order valence-corrected chi connectivity index (χ4v) is 2.41. The molecule has 0 unspecified atom stereocenters. The van der Waals surface area contributed by atoms with Gasteiger partial charge in [0, 0.05) is 24.9 Å². The number of carbonyl (C=O) groups excluding carboxylic acids is 3. The van der Waals surface area contributed by atoms with E-state index in [1.807, 2.05) is 30.3 Å². The lowest BCUT2D eigenvalue weighted by molar-refractivity contribution is -0.145. The minimum atomic E-state index is -0.450. The van der Waals surface area contributed by atoms with E-state index in [0.717, 1.165) is 5.56 Å². The van der Waals surface area contributed by atoms with Gasteiger partial charge in [0.1, 0.15) is 6.61 Å². The van der Waals surface area contributed by atoms with Gasteiger partial charge >= 0.3 is 5.97 Å². The molecule has 2 N–H and O–H groups in total. The molecule has 28 heavy (non-hydrogen) atoms. The summed E-state index contributed by atoms with van der Waals surface area (Å²) in [6.07, 6.45) is 0.266. The Labute approximate surface area is 164 Å². The maximum Gasteiger partial charge on any atom is 0.306 e. The van der Waals surface area contributed by atoms with Crippen LogP contribution in [0.3, 0.4) is 0 Å². The molecule has 0 saturated heterocycles. The van der Waals surface area contributed by atoms with Crippen LogP contribution in [0.2, 0.25) is 0 Å². The molecule has 2 amide bonds. The molecule has 0 bridgehead atoms. The highest BCUT2D eigenvalue weighted by atomic mass is 16.6. The zero-order valence-corrected chi connectivity index (χ0v) is 15.8. The van der Waals surface area contributed by atoms with Gasteiger partial charge in [0.2, 0.25) is 11.8 Å². The fourth-order valence-electron chi connectivity index (χ4n) is 2.41. The quantitative estimate of drug-likeness (QED) is 0.485. The number of amides is 2. The Bertz CT molecular complexity index is 792. The SMILES string of the molecule is COCCOC(=O)CCC(=O)Nc1cccc(NC(=O)Cc2ccccc2)c1. The monoisotopic (exact) mass is 384 g/mol. The molecule has 0 aromatic heterocycles. The first-order chi connectivity index (χ1) is 13.6. The van der Waals surface area contributed by atoms with Crippen molar-refractivity contribution in [3.8, 4) is 0 Å². The molecule has 0 saturated carbocycles. The highest BCUT2D eigenvalue weighted by molar-refractivity contribution is 5.95. The van der Waals surface area contributed by atoms with Crippen LogP contribution in [0.25, 0.3) is 0 Å². The summed E-state index contributed by atoms with van der Waals surface area (Å²) in [4.78, 5) is 35.6. The Balaban J connectivity index is 1.79. The van der Waals surface area contributed by atoms with Crippen molar-refractivity contribution in [2.24, 2.45) is 0 Å². The van der Waals surface area contributed by atoms with Crippen LogP contribution in [0.1, 0.15) is 18.4 Å². The van der Waals surface area contributed by atoms with Gasteiger partial charge in [-0.1, -0.05) is 36.4 Å². The molecule has 0 radical (unpaired) electrons. The van der Waals surface area contributed by atoms with Gasteiger partial charge in [-0.2, -0.15) is 0 Å². The van der Waals surface area contributed by atoms with Crippen LogP contribution in [-0.4, -0.2) is 38.1 Å². The number of rotatable bonds is 10. The number of esters is 1. The predicted octanol–water partition coefficient (Wildman–Crippen LogP) is 2.78. The van der Waals surface area contributed by atoms with Crippen LogP contribution >= 0.6 is 0 Å². The number of nitrogens with one attached hydrogen (secondary N) is 2. The third-order valence-corrected chi connectivity index (χ3v) is 3.74. The summed E-state index contributed by atoms with van der Waals surface area (Å²) in [5.74, 6) is -0.904. The molecule has 0 heterocycles. The van der Waals surface area contributed by atoms with Gasteiger partial charge in [-0.15, -0.1) is 0 Å². The van der Waals surface area contributed by atoms with Crippen molar-refractivity contribution in [3.63, 3.8) is 0 Å². The van der Waals surface area contributed by atoms with Crippen LogP contribution in [0.15, 0.2) is 54.6 Å². The highest BCUT2D eigenvalue weighted by Gasteiger charge is 2.09. The molecule has 148 valence electrons. The Kier molecular flexibility index (Phi) is 8.68. The summed E-state index contributed by atoms with van der Waals surface area (Å²) in [7, 11) is 1.51. The predicted molar refractivity (Wildman–Crippen MR) is 106 cm³/mol. The van der Waals surface area contributed by atoms with Gasteiger partial charge in [-0.3, -0.25) is 14.4 Å². The lowest BCUT2D eigenvalue weighted by Crippen LogP contribution is -2.16. The van der Waals surface area contributed by atoms with E-state index in [-0.39, 0.29) is 37.7 Å². The summed E-state index contributed by atoms with van der Waals surface area (Å²) in [5, 5.41) is 5.51. The second-order valence-electron chi connectivity index (χ2n) is 6.05. The van der Waals surface area contributed by atoms with E-state index in [1.54, 1.807) is 24.3 Å². The number of hydrogen-bond acceptors (Lipinski definition) is 5. The first kappa shape index (κ1) is 21.1. The fraction of sp³-hybridized carbons (Fsp3) is 0.286. The van der Waals surface area contributed by atoms with Gasteiger partial charge in [0.05, 0.1) is 19.4 Å². The molecule has 0 aliphatic rings. The van der Waals surface area contributed by atoms with Crippen LogP contribution in [-0.2, 0) is 30.3 Å². The molecule has 7 heteroatoms. The minimum absolute atomic E-state index is 0.0103. The van der Waals surface area contributed by atoms with Gasteiger partial charge in [0.25, 0.3) is 0 Å². The molecule has 0 spiro atoms. The molecular formula is C21H24N2O5. The molecule has 0 aliphatic heterocycles. The lowest BCUT2D eigenvalue weighted by Gasteiger charge is -2.09. The summed E-state index contributed by atoms with van der Waals surface area (Å²) in [5.41, 5.74) is 2.04. The Morgan fingerprint density at radius 2 is 1.50 bits per heavy atom. The Morgan fingerprint density at radius 1 is 0.821 bits per heavy atom. The van der Waals surface area contributed by atoms with E-state index in [4.69, 9.17) is 9.47 Å². The van der Waals surface area contributed by atoms with Gasteiger partial charge in [-0.25, -0.2) is 0 Å². The number of hydrogen-bond donors (Lipinski definition) is 2. The third-order valence-electron chi connectivity index (χ3n) is 3.74. The van der Waals surface area contributed by atoms with E-state index in [1.165, 1.54) is 7.11 Å². The van der Waals surface area contributed by atoms with Crippen molar-refractivity contribution < 1.29 is 23.9 Å². The van der Waals surface area contributed by atoms with Crippen molar-refractivity contribution in [1.29, 1.82) is 0 Å². The zero-order chi connectivity index (χ0) is 20.2. The molecular weight excluding hydrogens is 360 g/mol. The number of carbonyl (C=O) groups is 3. The standard InChI is InChI=1S/C21H24N2O5/c1-27-12-13-28-21(26)11-10-19(24)22-17-8-5-9-18(15-17)23-20(25)14-16-6-3-2-4-7-16/h2-9,15H,10-14H2,1H3,(H,22,24)(H,23,25). The Hall–Kier alpha value is -3.19.